The molecule has 0 fully saturated rings. The molecule has 0 saturated carbocycles. The number of carbonyl (C=O) groups excluding carboxylic acids is 1. The van der Waals surface area contributed by atoms with Crippen molar-refractivity contribution in [3.8, 4) is 0 Å². The van der Waals surface area contributed by atoms with Crippen molar-refractivity contribution in [3.63, 3.8) is 0 Å². The van der Waals surface area contributed by atoms with Crippen LogP contribution in [0.5, 0.6) is 0 Å². The average molecular weight is 204 g/mol. The minimum atomic E-state index is -0.868. The molecule has 1 aromatic heterocycles. The van der Waals surface area contributed by atoms with Gasteiger partial charge in [-0.1, -0.05) is 11.6 Å². The normalized spacial score (nSPS) is 9.77. The van der Waals surface area contributed by atoms with E-state index in [0.29, 0.717) is 0 Å². The smallest absolute Gasteiger partial charge is 0.357 e. The van der Waals surface area contributed by atoms with E-state index < -0.39 is 11.9 Å². The molecule has 0 aliphatic rings. The Labute approximate surface area is 79.5 Å². The van der Waals surface area contributed by atoms with Crippen molar-refractivity contribution in [3.05, 3.63) is 28.8 Å². The topological polar surface area (TPSA) is 39.2 Å². The van der Waals surface area contributed by atoms with E-state index in [4.69, 9.17) is 11.6 Å². The number of halogens is 2. The van der Waals surface area contributed by atoms with E-state index in [1.807, 2.05) is 0 Å². The number of hydrogen-bond acceptors (Lipinski definition) is 3. The van der Waals surface area contributed by atoms with Crippen molar-refractivity contribution in [1.82, 2.24) is 4.98 Å². The van der Waals surface area contributed by atoms with Crippen LogP contribution in [0.2, 0.25) is 5.02 Å². The number of esters is 1. The van der Waals surface area contributed by atoms with Crippen LogP contribution in [0.3, 0.4) is 0 Å². The Bertz CT molecular complexity index is 330. The van der Waals surface area contributed by atoms with Crippen LogP contribution in [0.4, 0.5) is 4.39 Å². The van der Waals surface area contributed by atoms with Gasteiger partial charge in [0.05, 0.1) is 11.6 Å². The predicted molar refractivity (Wildman–Crippen MR) is 45.2 cm³/mol. The molecule has 5 heteroatoms. The van der Waals surface area contributed by atoms with Crippen LogP contribution in [0, 0.1) is 5.95 Å². The van der Waals surface area contributed by atoms with E-state index in [1.54, 1.807) is 6.92 Å². The molecule has 70 valence electrons. The first-order valence-corrected chi connectivity index (χ1v) is 4.02. The van der Waals surface area contributed by atoms with Crippen LogP contribution in [-0.4, -0.2) is 17.6 Å². The Balaban J connectivity index is 2.90. The maximum atomic E-state index is 12.7. The molecule has 0 bridgehead atoms. The second kappa shape index (κ2) is 4.18. The molecule has 13 heavy (non-hydrogen) atoms. The van der Waals surface area contributed by atoms with Gasteiger partial charge in [0.1, 0.15) is 0 Å². The lowest BCUT2D eigenvalue weighted by molar-refractivity contribution is 0.0518. The number of nitrogens with zero attached hydrogens (tertiary/aromatic N) is 1. The SMILES string of the molecule is CCOC(=O)c1ccc(Cl)c(F)n1. The van der Waals surface area contributed by atoms with Gasteiger partial charge in [-0.2, -0.15) is 4.39 Å². The average Bonchev–Trinajstić information content (AvgIpc) is 2.10. The summed E-state index contributed by atoms with van der Waals surface area (Å²) in [7, 11) is 0. The van der Waals surface area contributed by atoms with E-state index >= 15 is 0 Å². The lowest BCUT2D eigenvalue weighted by Crippen LogP contribution is -2.07. The molecule has 0 radical (unpaired) electrons. The molecule has 0 atom stereocenters. The van der Waals surface area contributed by atoms with Crippen LogP contribution in [0.1, 0.15) is 17.4 Å². The van der Waals surface area contributed by atoms with E-state index in [0.717, 1.165) is 0 Å². The molecule has 0 aliphatic heterocycles. The first-order chi connectivity index (χ1) is 6.15. The fourth-order valence-corrected chi connectivity index (χ4v) is 0.841. The molecule has 0 aliphatic carbocycles. The zero-order valence-corrected chi connectivity index (χ0v) is 7.64. The highest BCUT2D eigenvalue weighted by molar-refractivity contribution is 6.30. The van der Waals surface area contributed by atoms with Gasteiger partial charge in [0, 0.05) is 0 Å². The summed E-state index contributed by atoms with van der Waals surface area (Å²) in [5.41, 5.74) is -0.0799. The standard InChI is InChI=1S/C8H7ClFNO2/c1-2-13-8(12)6-4-3-5(9)7(10)11-6/h3-4H,2H2,1H3. The molecule has 0 amide bonds. The van der Waals surface area contributed by atoms with Crippen LogP contribution in [0.15, 0.2) is 12.1 Å². The summed E-state index contributed by atoms with van der Waals surface area (Å²) in [4.78, 5) is 14.3. The van der Waals surface area contributed by atoms with Gasteiger partial charge in [-0.15, -0.1) is 0 Å². The molecule has 0 spiro atoms. The summed E-state index contributed by atoms with van der Waals surface area (Å²) in [6.07, 6.45) is 0. The minimum Gasteiger partial charge on any atom is -0.461 e. The number of hydrogen-bond donors (Lipinski definition) is 0. The number of ether oxygens (including phenoxy) is 1. The molecule has 1 heterocycles. The van der Waals surface area contributed by atoms with E-state index in [1.165, 1.54) is 12.1 Å². The Morgan fingerprint density at radius 3 is 2.92 bits per heavy atom. The van der Waals surface area contributed by atoms with Crippen LogP contribution < -0.4 is 0 Å². The summed E-state index contributed by atoms with van der Waals surface area (Å²) in [6.45, 7) is 1.88. The minimum absolute atomic E-state index is 0.0799. The van der Waals surface area contributed by atoms with Crippen LogP contribution in [-0.2, 0) is 4.74 Å². The maximum absolute atomic E-state index is 12.7. The van der Waals surface area contributed by atoms with Crippen molar-refractivity contribution in [2.75, 3.05) is 6.61 Å². The molecule has 0 aromatic carbocycles. The van der Waals surface area contributed by atoms with Crippen molar-refractivity contribution in [2.45, 2.75) is 6.92 Å². The van der Waals surface area contributed by atoms with Gasteiger partial charge >= 0.3 is 5.97 Å². The predicted octanol–water partition coefficient (Wildman–Crippen LogP) is 2.05. The van der Waals surface area contributed by atoms with Crippen LogP contribution in [0.25, 0.3) is 0 Å². The van der Waals surface area contributed by atoms with Crippen molar-refractivity contribution in [1.29, 1.82) is 0 Å². The third-order valence-electron chi connectivity index (χ3n) is 1.29. The van der Waals surface area contributed by atoms with Crippen molar-refractivity contribution < 1.29 is 13.9 Å². The molecule has 3 nitrogen and oxygen atoms in total. The molecule has 1 rings (SSSR count). The summed E-state index contributed by atoms with van der Waals surface area (Å²) in [5, 5.41) is -0.118. The number of aromatic nitrogens is 1. The number of carbonyl (C=O) groups is 1. The van der Waals surface area contributed by atoms with Gasteiger partial charge in [0.15, 0.2) is 5.69 Å². The second-order valence-corrected chi connectivity index (χ2v) is 2.60. The number of pyridine rings is 1. The van der Waals surface area contributed by atoms with Crippen molar-refractivity contribution in [2.24, 2.45) is 0 Å². The molecule has 1 aromatic rings. The zero-order valence-electron chi connectivity index (χ0n) is 6.88. The summed E-state index contributed by atoms with van der Waals surface area (Å²) in [5.74, 6) is -1.52. The quantitative estimate of drug-likeness (QED) is 0.546. The summed E-state index contributed by atoms with van der Waals surface area (Å²) in [6, 6.07) is 2.57. The Hall–Kier alpha value is -1.16. The fraction of sp³-hybridized carbons (Fsp3) is 0.250. The lowest BCUT2D eigenvalue weighted by Gasteiger charge is -2.00. The Morgan fingerprint density at radius 2 is 2.38 bits per heavy atom. The highest BCUT2D eigenvalue weighted by Crippen LogP contribution is 2.12. The third-order valence-corrected chi connectivity index (χ3v) is 1.57. The highest BCUT2D eigenvalue weighted by Gasteiger charge is 2.10. The Kier molecular flexibility index (Phi) is 3.19. The summed E-state index contributed by atoms with van der Waals surface area (Å²) >= 11 is 5.37. The van der Waals surface area contributed by atoms with E-state index in [-0.39, 0.29) is 17.3 Å². The molecule has 0 unspecified atom stereocenters. The fourth-order valence-electron chi connectivity index (χ4n) is 0.736. The van der Waals surface area contributed by atoms with Gasteiger partial charge in [-0.05, 0) is 19.1 Å². The van der Waals surface area contributed by atoms with Gasteiger partial charge in [-0.3, -0.25) is 0 Å². The second-order valence-electron chi connectivity index (χ2n) is 2.19. The van der Waals surface area contributed by atoms with E-state index in [9.17, 15) is 9.18 Å². The molecule has 0 N–H and O–H groups in total. The van der Waals surface area contributed by atoms with Gasteiger partial charge < -0.3 is 4.74 Å². The Morgan fingerprint density at radius 1 is 1.69 bits per heavy atom. The van der Waals surface area contributed by atoms with Gasteiger partial charge in [0.2, 0.25) is 5.95 Å². The zero-order chi connectivity index (χ0) is 9.84. The van der Waals surface area contributed by atoms with Gasteiger partial charge in [-0.25, -0.2) is 9.78 Å². The summed E-state index contributed by atoms with van der Waals surface area (Å²) < 4.78 is 17.3. The van der Waals surface area contributed by atoms with E-state index in [2.05, 4.69) is 9.72 Å². The monoisotopic (exact) mass is 203 g/mol. The first-order valence-electron chi connectivity index (χ1n) is 3.64. The largest absolute Gasteiger partial charge is 0.461 e. The lowest BCUT2D eigenvalue weighted by atomic mass is 10.3. The molecule has 0 saturated heterocycles. The molecular weight excluding hydrogens is 197 g/mol. The number of rotatable bonds is 2. The highest BCUT2D eigenvalue weighted by atomic mass is 35.5. The maximum Gasteiger partial charge on any atom is 0.357 e. The van der Waals surface area contributed by atoms with Crippen molar-refractivity contribution >= 4 is 17.6 Å². The van der Waals surface area contributed by atoms with Gasteiger partial charge in [0.25, 0.3) is 0 Å². The van der Waals surface area contributed by atoms with Crippen LogP contribution >= 0.6 is 11.6 Å². The first kappa shape index (κ1) is 9.92. The third kappa shape index (κ3) is 2.39. The molecular formula is C8H7ClFNO2.